The standard InChI is InChI=1S/C12H12O/c1-3-7-11(8-4-1)13-12-9-5-2-6-10-12/h1-5,7-9H,6,10H2. The Morgan fingerprint density at radius 1 is 1.08 bits per heavy atom. The van der Waals surface area contributed by atoms with Gasteiger partial charge in [-0.3, -0.25) is 0 Å². The molecule has 1 nitrogen and oxygen atoms in total. The van der Waals surface area contributed by atoms with Gasteiger partial charge in [0.2, 0.25) is 0 Å². The maximum atomic E-state index is 5.67. The summed E-state index contributed by atoms with van der Waals surface area (Å²) in [4.78, 5) is 0. The van der Waals surface area contributed by atoms with Gasteiger partial charge >= 0.3 is 0 Å². The average molecular weight is 172 g/mol. The van der Waals surface area contributed by atoms with Gasteiger partial charge in [-0.2, -0.15) is 0 Å². The lowest BCUT2D eigenvalue weighted by atomic mass is 10.2. The molecule has 0 spiro atoms. The highest BCUT2D eigenvalue weighted by Gasteiger charge is 2.00. The average Bonchev–Trinajstić information content (AvgIpc) is 2.21. The lowest BCUT2D eigenvalue weighted by molar-refractivity contribution is 0.403. The third kappa shape index (κ3) is 2.22. The largest absolute Gasteiger partial charge is 0.462 e. The van der Waals surface area contributed by atoms with Gasteiger partial charge in [-0.25, -0.2) is 0 Å². The van der Waals surface area contributed by atoms with Crippen LogP contribution in [-0.2, 0) is 0 Å². The van der Waals surface area contributed by atoms with Crippen LogP contribution in [0.3, 0.4) is 0 Å². The lowest BCUT2D eigenvalue weighted by Crippen LogP contribution is -1.96. The minimum absolute atomic E-state index is 0.920. The number of allylic oxidation sites excluding steroid dienone is 4. The van der Waals surface area contributed by atoms with E-state index in [1.54, 1.807) is 0 Å². The van der Waals surface area contributed by atoms with E-state index in [0.29, 0.717) is 0 Å². The number of benzene rings is 1. The fraction of sp³-hybridized carbons (Fsp3) is 0.167. The molecule has 0 aromatic heterocycles. The normalized spacial score (nSPS) is 15.2. The molecule has 0 saturated carbocycles. The Labute approximate surface area is 78.3 Å². The smallest absolute Gasteiger partial charge is 0.126 e. The molecule has 0 saturated heterocycles. The molecule has 0 atom stereocenters. The summed E-state index contributed by atoms with van der Waals surface area (Å²) in [7, 11) is 0. The van der Waals surface area contributed by atoms with E-state index in [-0.39, 0.29) is 0 Å². The molecule has 1 aromatic carbocycles. The highest BCUT2D eigenvalue weighted by atomic mass is 16.5. The summed E-state index contributed by atoms with van der Waals surface area (Å²) in [6.45, 7) is 0. The first-order chi connectivity index (χ1) is 6.45. The molecule has 2 rings (SSSR count). The molecule has 1 aliphatic carbocycles. The monoisotopic (exact) mass is 172 g/mol. The van der Waals surface area contributed by atoms with Crippen molar-refractivity contribution in [3.63, 3.8) is 0 Å². The summed E-state index contributed by atoms with van der Waals surface area (Å²) in [5, 5.41) is 0. The zero-order valence-electron chi connectivity index (χ0n) is 7.44. The molecule has 0 heterocycles. The van der Waals surface area contributed by atoms with Crippen molar-refractivity contribution in [3.05, 3.63) is 54.3 Å². The fourth-order valence-corrected chi connectivity index (χ4v) is 1.31. The maximum Gasteiger partial charge on any atom is 0.126 e. The zero-order valence-corrected chi connectivity index (χ0v) is 7.44. The van der Waals surface area contributed by atoms with Crippen LogP contribution in [0, 0.1) is 0 Å². The summed E-state index contributed by atoms with van der Waals surface area (Å²) in [6, 6.07) is 9.89. The first kappa shape index (κ1) is 8.11. The Kier molecular flexibility index (Phi) is 2.46. The number of rotatable bonds is 2. The van der Waals surface area contributed by atoms with Crippen LogP contribution in [0.25, 0.3) is 0 Å². The molecule has 0 bridgehead atoms. The lowest BCUT2D eigenvalue weighted by Gasteiger charge is -2.10. The molecular formula is C12H12O. The maximum absolute atomic E-state index is 5.67. The highest BCUT2D eigenvalue weighted by Crippen LogP contribution is 2.18. The van der Waals surface area contributed by atoms with E-state index in [0.717, 1.165) is 24.4 Å². The molecule has 0 amide bonds. The van der Waals surface area contributed by atoms with Crippen molar-refractivity contribution < 1.29 is 4.74 Å². The molecule has 1 aromatic rings. The third-order valence-electron chi connectivity index (χ3n) is 1.97. The second-order valence-electron chi connectivity index (χ2n) is 3.01. The van der Waals surface area contributed by atoms with Gasteiger partial charge in [0.1, 0.15) is 11.5 Å². The van der Waals surface area contributed by atoms with Gasteiger partial charge in [0.15, 0.2) is 0 Å². The first-order valence-corrected chi connectivity index (χ1v) is 4.54. The van der Waals surface area contributed by atoms with Gasteiger partial charge in [-0.1, -0.05) is 30.4 Å². The number of ether oxygens (including phenoxy) is 1. The number of hydrogen-bond donors (Lipinski definition) is 0. The Bertz CT molecular complexity index is 322. The predicted molar refractivity (Wildman–Crippen MR) is 53.5 cm³/mol. The van der Waals surface area contributed by atoms with Crippen LogP contribution in [0.4, 0.5) is 0 Å². The second-order valence-corrected chi connectivity index (χ2v) is 3.01. The molecule has 0 aliphatic heterocycles. The third-order valence-corrected chi connectivity index (χ3v) is 1.97. The van der Waals surface area contributed by atoms with E-state index < -0.39 is 0 Å². The summed E-state index contributed by atoms with van der Waals surface area (Å²) >= 11 is 0. The first-order valence-electron chi connectivity index (χ1n) is 4.54. The molecular weight excluding hydrogens is 160 g/mol. The Morgan fingerprint density at radius 2 is 1.92 bits per heavy atom. The van der Waals surface area contributed by atoms with Crippen molar-refractivity contribution in [2.45, 2.75) is 12.8 Å². The topological polar surface area (TPSA) is 9.23 Å². The molecule has 0 fully saturated rings. The molecule has 66 valence electrons. The van der Waals surface area contributed by atoms with Crippen LogP contribution in [0.5, 0.6) is 5.75 Å². The van der Waals surface area contributed by atoms with Crippen LogP contribution < -0.4 is 4.74 Å². The molecule has 0 N–H and O–H groups in total. The van der Waals surface area contributed by atoms with Crippen LogP contribution >= 0.6 is 0 Å². The van der Waals surface area contributed by atoms with Gasteiger partial charge in [0, 0.05) is 6.42 Å². The minimum atomic E-state index is 0.920. The van der Waals surface area contributed by atoms with E-state index in [9.17, 15) is 0 Å². The van der Waals surface area contributed by atoms with Crippen molar-refractivity contribution in [2.75, 3.05) is 0 Å². The van der Waals surface area contributed by atoms with Gasteiger partial charge in [-0.15, -0.1) is 0 Å². The van der Waals surface area contributed by atoms with Crippen molar-refractivity contribution >= 4 is 0 Å². The van der Waals surface area contributed by atoms with Gasteiger partial charge in [0.25, 0.3) is 0 Å². The fourth-order valence-electron chi connectivity index (χ4n) is 1.31. The van der Waals surface area contributed by atoms with Crippen molar-refractivity contribution in [1.29, 1.82) is 0 Å². The molecule has 13 heavy (non-hydrogen) atoms. The van der Waals surface area contributed by atoms with E-state index in [4.69, 9.17) is 4.74 Å². The van der Waals surface area contributed by atoms with E-state index in [1.807, 2.05) is 42.5 Å². The van der Waals surface area contributed by atoms with Gasteiger partial charge in [0.05, 0.1) is 0 Å². The molecule has 1 aliphatic rings. The predicted octanol–water partition coefficient (Wildman–Crippen LogP) is 3.30. The van der Waals surface area contributed by atoms with Crippen LogP contribution in [0.2, 0.25) is 0 Å². The van der Waals surface area contributed by atoms with Crippen molar-refractivity contribution in [2.24, 2.45) is 0 Å². The summed E-state index contributed by atoms with van der Waals surface area (Å²) < 4.78 is 5.67. The van der Waals surface area contributed by atoms with Crippen LogP contribution in [0.15, 0.2) is 54.3 Å². The quantitative estimate of drug-likeness (QED) is 0.665. The van der Waals surface area contributed by atoms with E-state index >= 15 is 0 Å². The van der Waals surface area contributed by atoms with Gasteiger partial charge in [-0.05, 0) is 24.6 Å². The molecule has 0 radical (unpaired) electrons. The van der Waals surface area contributed by atoms with Crippen LogP contribution in [-0.4, -0.2) is 0 Å². The minimum Gasteiger partial charge on any atom is -0.462 e. The van der Waals surface area contributed by atoms with Crippen LogP contribution in [0.1, 0.15) is 12.8 Å². The van der Waals surface area contributed by atoms with E-state index in [2.05, 4.69) is 6.08 Å². The molecule has 1 heteroatoms. The van der Waals surface area contributed by atoms with E-state index in [1.165, 1.54) is 0 Å². The van der Waals surface area contributed by atoms with Crippen molar-refractivity contribution in [3.8, 4) is 5.75 Å². The summed E-state index contributed by atoms with van der Waals surface area (Å²) in [5.74, 6) is 1.97. The van der Waals surface area contributed by atoms with Crippen molar-refractivity contribution in [1.82, 2.24) is 0 Å². The highest BCUT2D eigenvalue weighted by molar-refractivity contribution is 5.25. The molecule has 0 unspecified atom stereocenters. The SMILES string of the molecule is C1=CCCC(Oc2ccccc2)=C1. The zero-order chi connectivity index (χ0) is 8.93. The number of para-hydroxylation sites is 1. The van der Waals surface area contributed by atoms with Gasteiger partial charge < -0.3 is 4.74 Å². The summed E-state index contributed by atoms with van der Waals surface area (Å²) in [6.07, 6.45) is 8.31. The Morgan fingerprint density at radius 3 is 2.62 bits per heavy atom. The number of hydrogen-bond acceptors (Lipinski definition) is 1. The second kappa shape index (κ2) is 3.94. The Hall–Kier alpha value is -1.50. The Balaban J connectivity index is 2.06. The summed E-state index contributed by atoms with van der Waals surface area (Å²) in [5.41, 5.74) is 0.